The lowest BCUT2D eigenvalue weighted by Crippen LogP contribution is -2.19. The SMILES string of the molecule is C/C(=N/NC(=O)c1ccc([N+](=O)[O-])cc1)c1ccc(C2CCCCC2)cc1. The molecule has 0 aliphatic heterocycles. The van der Waals surface area contributed by atoms with Crippen molar-refractivity contribution in [3.05, 3.63) is 75.3 Å². The molecule has 0 radical (unpaired) electrons. The Hall–Kier alpha value is -3.02. The number of nitrogens with one attached hydrogen (secondary N) is 1. The van der Waals surface area contributed by atoms with Crippen molar-refractivity contribution in [3.8, 4) is 0 Å². The number of nitrogens with zero attached hydrogens (tertiary/aromatic N) is 2. The van der Waals surface area contributed by atoms with Gasteiger partial charge in [-0.2, -0.15) is 5.10 Å². The van der Waals surface area contributed by atoms with E-state index in [-0.39, 0.29) is 5.69 Å². The van der Waals surface area contributed by atoms with Crippen molar-refractivity contribution in [2.45, 2.75) is 44.9 Å². The van der Waals surface area contributed by atoms with Crippen LogP contribution in [0, 0.1) is 10.1 Å². The van der Waals surface area contributed by atoms with Crippen molar-refractivity contribution in [1.29, 1.82) is 0 Å². The van der Waals surface area contributed by atoms with E-state index in [2.05, 4.69) is 22.7 Å². The Labute approximate surface area is 158 Å². The zero-order valence-corrected chi connectivity index (χ0v) is 15.4. The number of hydrogen-bond donors (Lipinski definition) is 1. The molecule has 1 saturated carbocycles. The molecule has 1 N–H and O–H groups in total. The first-order valence-corrected chi connectivity index (χ1v) is 9.24. The van der Waals surface area contributed by atoms with Gasteiger partial charge in [0.1, 0.15) is 0 Å². The summed E-state index contributed by atoms with van der Waals surface area (Å²) in [5.74, 6) is 0.259. The lowest BCUT2D eigenvalue weighted by molar-refractivity contribution is -0.384. The molecular formula is C21H23N3O3. The molecule has 2 aromatic carbocycles. The lowest BCUT2D eigenvalue weighted by atomic mass is 9.84. The number of hydrazone groups is 1. The number of nitro benzene ring substituents is 1. The Morgan fingerprint density at radius 2 is 1.59 bits per heavy atom. The van der Waals surface area contributed by atoms with Gasteiger partial charge in [0.15, 0.2) is 0 Å². The highest BCUT2D eigenvalue weighted by molar-refractivity contribution is 6.00. The van der Waals surface area contributed by atoms with Gasteiger partial charge in [-0.25, -0.2) is 5.43 Å². The second-order valence-corrected chi connectivity index (χ2v) is 6.90. The molecule has 0 atom stereocenters. The van der Waals surface area contributed by atoms with Crippen LogP contribution in [-0.2, 0) is 0 Å². The number of rotatable bonds is 5. The monoisotopic (exact) mass is 365 g/mol. The largest absolute Gasteiger partial charge is 0.271 e. The summed E-state index contributed by atoms with van der Waals surface area (Å²) in [7, 11) is 0. The Morgan fingerprint density at radius 1 is 1.00 bits per heavy atom. The number of benzene rings is 2. The summed E-state index contributed by atoms with van der Waals surface area (Å²) < 4.78 is 0. The Balaban J connectivity index is 1.62. The number of amides is 1. The van der Waals surface area contributed by atoms with E-state index in [1.165, 1.54) is 61.9 Å². The van der Waals surface area contributed by atoms with Crippen molar-refractivity contribution in [1.82, 2.24) is 5.43 Å². The van der Waals surface area contributed by atoms with Crippen LogP contribution in [0.4, 0.5) is 5.69 Å². The first-order valence-electron chi connectivity index (χ1n) is 9.24. The van der Waals surface area contributed by atoms with Gasteiger partial charge in [0, 0.05) is 17.7 Å². The third kappa shape index (κ3) is 4.78. The minimum atomic E-state index is -0.499. The molecule has 0 bridgehead atoms. The van der Waals surface area contributed by atoms with Gasteiger partial charge in [-0.1, -0.05) is 43.5 Å². The fourth-order valence-electron chi connectivity index (χ4n) is 3.43. The van der Waals surface area contributed by atoms with E-state index in [1.54, 1.807) is 0 Å². The molecular weight excluding hydrogens is 342 g/mol. The van der Waals surface area contributed by atoms with Crippen LogP contribution in [0.25, 0.3) is 0 Å². The number of hydrogen-bond acceptors (Lipinski definition) is 4. The van der Waals surface area contributed by atoms with E-state index in [4.69, 9.17) is 0 Å². The molecule has 6 nitrogen and oxygen atoms in total. The molecule has 140 valence electrons. The van der Waals surface area contributed by atoms with Crippen LogP contribution < -0.4 is 5.43 Å². The van der Waals surface area contributed by atoms with Crippen LogP contribution in [0.1, 0.15) is 66.4 Å². The molecule has 0 aromatic heterocycles. The molecule has 27 heavy (non-hydrogen) atoms. The Bertz CT molecular complexity index is 836. The minimum Gasteiger partial charge on any atom is -0.267 e. The number of nitro groups is 1. The highest BCUT2D eigenvalue weighted by Crippen LogP contribution is 2.32. The highest BCUT2D eigenvalue weighted by atomic mass is 16.6. The fraction of sp³-hybridized carbons (Fsp3) is 0.333. The van der Waals surface area contributed by atoms with Gasteiger partial charge in [-0.05, 0) is 48.9 Å². The van der Waals surface area contributed by atoms with Crippen LogP contribution in [0.2, 0.25) is 0 Å². The molecule has 0 spiro atoms. The minimum absolute atomic E-state index is 0.0516. The van der Waals surface area contributed by atoms with E-state index < -0.39 is 10.8 Å². The predicted molar refractivity (Wildman–Crippen MR) is 105 cm³/mol. The third-order valence-corrected chi connectivity index (χ3v) is 5.07. The van der Waals surface area contributed by atoms with Gasteiger partial charge in [-0.3, -0.25) is 14.9 Å². The maximum atomic E-state index is 12.1. The van der Waals surface area contributed by atoms with Crippen molar-refractivity contribution in [2.24, 2.45) is 5.10 Å². The summed E-state index contributed by atoms with van der Waals surface area (Å²) in [5.41, 5.74) is 5.82. The summed E-state index contributed by atoms with van der Waals surface area (Å²) in [5, 5.41) is 14.8. The normalized spacial score (nSPS) is 15.4. The number of non-ortho nitro benzene ring substituents is 1. The van der Waals surface area contributed by atoms with Gasteiger partial charge < -0.3 is 0 Å². The van der Waals surface area contributed by atoms with Crippen molar-refractivity contribution < 1.29 is 9.72 Å². The third-order valence-electron chi connectivity index (χ3n) is 5.07. The quantitative estimate of drug-likeness (QED) is 0.469. The Kier molecular flexibility index (Phi) is 5.96. The van der Waals surface area contributed by atoms with Crippen LogP contribution in [0.5, 0.6) is 0 Å². The lowest BCUT2D eigenvalue weighted by Gasteiger charge is -2.22. The van der Waals surface area contributed by atoms with Crippen molar-refractivity contribution >= 4 is 17.3 Å². The molecule has 3 rings (SSSR count). The van der Waals surface area contributed by atoms with Gasteiger partial charge in [0.25, 0.3) is 11.6 Å². The van der Waals surface area contributed by atoms with E-state index in [1.807, 2.05) is 19.1 Å². The topological polar surface area (TPSA) is 84.6 Å². The van der Waals surface area contributed by atoms with Crippen LogP contribution in [0.3, 0.4) is 0 Å². The van der Waals surface area contributed by atoms with E-state index in [9.17, 15) is 14.9 Å². The van der Waals surface area contributed by atoms with E-state index >= 15 is 0 Å². The summed E-state index contributed by atoms with van der Waals surface area (Å²) in [6, 6.07) is 13.8. The number of carbonyl (C=O) groups is 1. The smallest absolute Gasteiger partial charge is 0.267 e. The van der Waals surface area contributed by atoms with Crippen LogP contribution in [0.15, 0.2) is 53.6 Å². The predicted octanol–water partition coefficient (Wildman–Crippen LogP) is 4.80. The number of carbonyl (C=O) groups excluding carboxylic acids is 1. The van der Waals surface area contributed by atoms with Crippen LogP contribution >= 0.6 is 0 Å². The highest BCUT2D eigenvalue weighted by Gasteiger charge is 2.15. The zero-order chi connectivity index (χ0) is 19.2. The standard InChI is InChI=1S/C21H23N3O3/c1-15(16-7-9-18(10-8-16)17-5-3-2-4-6-17)22-23-21(25)19-11-13-20(14-12-19)24(26)27/h7-14,17H,2-6H2,1H3,(H,23,25)/b22-15-. The summed E-state index contributed by atoms with van der Waals surface area (Å²) in [6.07, 6.45) is 6.48. The molecule has 2 aromatic rings. The molecule has 1 amide bonds. The van der Waals surface area contributed by atoms with Gasteiger partial charge in [-0.15, -0.1) is 0 Å². The fourth-order valence-corrected chi connectivity index (χ4v) is 3.43. The first-order chi connectivity index (χ1) is 13.0. The van der Waals surface area contributed by atoms with Gasteiger partial charge >= 0.3 is 0 Å². The maximum absolute atomic E-state index is 12.1. The van der Waals surface area contributed by atoms with Crippen molar-refractivity contribution in [2.75, 3.05) is 0 Å². The molecule has 1 aliphatic carbocycles. The van der Waals surface area contributed by atoms with E-state index in [0.29, 0.717) is 17.2 Å². The Morgan fingerprint density at radius 3 is 2.19 bits per heavy atom. The molecule has 0 heterocycles. The summed E-state index contributed by atoms with van der Waals surface area (Å²) >= 11 is 0. The molecule has 0 unspecified atom stereocenters. The second-order valence-electron chi connectivity index (χ2n) is 6.90. The molecule has 1 aliphatic rings. The first kappa shape index (κ1) is 18.8. The molecule has 6 heteroatoms. The average molecular weight is 365 g/mol. The second kappa shape index (κ2) is 8.58. The zero-order valence-electron chi connectivity index (χ0n) is 15.4. The maximum Gasteiger partial charge on any atom is 0.271 e. The molecule has 0 saturated heterocycles. The van der Waals surface area contributed by atoms with Gasteiger partial charge in [0.2, 0.25) is 0 Å². The van der Waals surface area contributed by atoms with Crippen LogP contribution in [-0.4, -0.2) is 16.5 Å². The molecule has 1 fully saturated rings. The van der Waals surface area contributed by atoms with Gasteiger partial charge in [0.05, 0.1) is 10.6 Å². The summed E-state index contributed by atoms with van der Waals surface area (Å²) in [4.78, 5) is 22.3. The average Bonchev–Trinajstić information content (AvgIpc) is 2.72. The van der Waals surface area contributed by atoms with Crippen molar-refractivity contribution in [3.63, 3.8) is 0 Å². The summed E-state index contributed by atoms with van der Waals surface area (Å²) in [6.45, 7) is 1.84. The van der Waals surface area contributed by atoms with E-state index in [0.717, 1.165) is 5.56 Å².